The van der Waals surface area contributed by atoms with Gasteiger partial charge in [0.05, 0.1) is 13.2 Å². The molecule has 0 bridgehead atoms. The van der Waals surface area contributed by atoms with Gasteiger partial charge in [-0.15, -0.1) is 0 Å². The summed E-state index contributed by atoms with van der Waals surface area (Å²) in [6, 6.07) is 10.9. The molecule has 7 heteroatoms. The molecule has 0 aliphatic rings. The number of fused-ring (bicyclic) bond motifs is 1. The van der Waals surface area contributed by atoms with E-state index in [0.717, 1.165) is 10.8 Å². The van der Waals surface area contributed by atoms with Crippen LogP contribution in [0.4, 0.5) is 0 Å². The highest BCUT2D eigenvalue weighted by molar-refractivity contribution is 6.31. The number of carbonyl (C=O) groups excluding carboxylic acids is 3. The summed E-state index contributed by atoms with van der Waals surface area (Å²) in [5, 5.41) is 4.88. The van der Waals surface area contributed by atoms with Gasteiger partial charge in [0.2, 0.25) is 11.4 Å². The summed E-state index contributed by atoms with van der Waals surface area (Å²) < 4.78 is 10.2. The Bertz CT molecular complexity index is 847. The molecule has 0 heterocycles. The van der Waals surface area contributed by atoms with Crippen molar-refractivity contribution < 1.29 is 23.9 Å². The molecule has 27 heavy (non-hydrogen) atoms. The lowest BCUT2D eigenvalue weighted by molar-refractivity contribution is -0.168. The number of rotatable bonds is 7. The first-order chi connectivity index (χ1) is 12.8. The number of esters is 2. The van der Waals surface area contributed by atoms with Crippen molar-refractivity contribution in [1.82, 2.24) is 5.32 Å². The molecule has 0 atom stereocenters. The molecule has 0 aliphatic heterocycles. The van der Waals surface area contributed by atoms with Gasteiger partial charge in [-0.1, -0.05) is 35.9 Å². The minimum absolute atomic E-state index is 0.0653. The summed E-state index contributed by atoms with van der Waals surface area (Å²) in [6.45, 7) is 4.61. The molecule has 1 amide bonds. The zero-order chi connectivity index (χ0) is 20.0. The van der Waals surface area contributed by atoms with Crippen molar-refractivity contribution in [2.24, 2.45) is 0 Å². The lowest BCUT2D eigenvalue weighted by atomic mass is 9.89. The van der Waals surface area contributed by atoms with Crippen LogP contribution in [0, 0.1) is 0 Å². The van der Waals surface area contributed by atoms with Crippen molar-refractivity contribution in [2.45, 2.75) is 32.7 Å². The molecule has 0 fully saturated rings. The van der Waals surface area contributed by atoms with Crippen LogP contribution in [0.25, 0.3) is 10.8 Å². The van der Waals surface area contributed by atoms with Crippen molar-refractivity contribution in [3.05, 3.63) is 47.0 Å². The number of benzene rings is 2. The Balaban J connectivity index is 2.51. The van der Waals surface area contributed by atoms with Crippen LogP contribution in [0.5, 0.6) is 0 Å². The maximum atomic E-state index is 12.7. The van der Waals surface area contributed by atoms with Gasteiger partial charge in [0.25, 0.3) is 0 Å². The van der Waals surface area contributed by atoms with Gasteiger partial charge in [0.15, 0.2) is 0 Å². The Hall–Kier alpha value is -2.60. The third-order valence-corrected chi connectivity index (χ3v) is 4.21. The molecule has 1 N–H and O–H groups in total. The number of ether oxygens (including phenoxy) is 2. The zero-order valence-electron chi connectivity index (χ0n) is 15.5. The molecular weight excluding hydrogens is 370 g/mol. The molecule has 6 nitrogen and oxygen atoms in total. The minimum Gasteiger partial charge on any atom is -0.464 e. The normalized spacial score (nSPS) is 11.1. The fourth-order valence-corrected chi connectivity index (χ4v) is 3.05. The van der Waals surface area contributed by atoms with Gasteiger partial charge in [-0.3, -0.25) is 4.79 Å². The Labute approximate surface area is 162 Å². The summed E-state index contributed by atoms with van der Waals surface area (Å²) in [5.41, 5.74) is -1.28. The van der Waals surface area contributed by atoms with E-state index in [1.807, 2.05) is 24.3 Å². The van der Waals surface area contributed by atoms with Gasteiger partial charge in [-0.2, -0.15) is 0 Å². The van der Waals surface area contributed by atoms with Gasteiger partial charge in [-0.25, -0.2) is 9.59 Å². The Morgan fingerprint density at radius 1 is 0.963 bits per heavy atom. The van der Waals surface area contributed by atoms with Crippen LogP contribution in [0.3, 0.4) is 0 Å². The highest BCUT2D eigenvalue weighted by Gasteiger charge is 2.50. The van der Waals surface area contributed by atoms with E-state index in [2.05, 4.69) is 5.32 Å². The molecule has 144 valence electrons. The van der Waals surface area contributed by atoms with Gasteiger partial charge in [0.1, 0.15) is 0 Å². The Morgan fingerprint density at radius 3 is 2.07 bits per heavy atom. The standard InChI is InChI=1S/C20H22ClNO5/c1-4-26-18(24)20(22-13(3)23,19(25)27-5-2)12-14-6-7-16-11-17(21)9-8-15(16)10-14/h6-11H,4-5,12H2,1-3H3,(H,22,23). The smallest absolute Gasteiger partial charge is 0.344 e. The predicted molar refractivity (Wildman–Crippen MR) is 102 cm³/mol. The summed E-state index contributed by atoms with van der Waals surface area (Å²) >= 11 is 6.00. The number of hydrogen-bond acceptors (Lipinski definition) is 5. The number of carbonyl (C=O) groups is 3. The number of nitrogens with one attached hydrogen (secondary N) is 1. The molecule has 2 rings (SSSR count). The molecule has 0 spiro atoms. The Kier molecular flexibility index (Phi) is 6.80. The van der Waals surface area contributed by atoms with Gasteiger partial charge in [0, 0.05) is 18.4 Å². The quantitative estimate of drug-likeness (QED) is 0.579. The van der Waals surface area contributed by atoms with E-state index in [9.17, 15) is 14.4 Å². The van der Waals surface area contributed by atoms with Gasteiger partial charge < -0.3 is 14.8 Å². The van der Waals surface area contributed by atoms with Crippen LogP contribution >= 0.6 is 11.6 Å². The molecule has 0 radical (unpaired) electrons. The van der Waals surface area contributed by atoms with Crippen LogP contribution in [0.1, 0.15) is 26.3 Å². The van der Waals surface area contributed by atoms with Gasteiger partial charge >= 0.3 is 11.9 Å². The highest BCUT2D eigenvalue weighted by Crippen LogP contribution is 2.24. The third kappa shape index (κ3) is 4.77. The lowest BCUT2D eigenvalue weighted by Gasteiger charge is -2.29. The first-order valence-electron chi connectivity index (χ1n) is 8.63. The summed E-state index contributed by atoms with van der Waals surface area (Å²) in [4.78, 5) is 37.1. The molecule has 2 aromatic carbocycles. The van der Waals surface area contributed by atoms with Crippen molar-refractivity contribution in [3.8, 4) is 0 Å². The van der Waals surface area contributed by atoms with Crippen LogP contribution in [-0.2, 0) is 30.3 Å². The topological polar surface area (TPSA) is 81.7 Å². The molecular formula is C20H22ClNO5. The van der Waals surface area contributed by atoms with E-state index in [1.54, 1.807) is 26.0 Å². The van der Waals surface area contributed by atoms with Crippen molar-refractivity contribution in [3.63, 3.8) is 0 Å². The van der Waals surface area contributed by atoms with Crippen LogP contribution in [0.2, 0.25) is 5.02 Å². The molecule has 0 aliphatic carbocycles. The fourth-order valence-electron chi connectivity index (χ4n) is 2.87. The first kappa shape index (κ1) is 20.7. The maximum absolute atomic E-state index is 12.7. The molecule has 0 saturated carbocycles. The van der Waals surface area contributed by atoms with Gasteiger partial charge in [-0.05, 0) is 42.3 Å². The fraction of sp³-hybridized carbons (Fsp3) is 0.350. The van der Waals surface area contributed by atoms with Crippen molar-refractivity contribution in [1.29, 1.82) is 0 Å². The summed E-state index contributed by atoms with van der Waals surface area (Å²) in [5.74, 6) is -2.24. The highest BCUT2D eigenvalue weighted by atomic mass is 35.5. The van der Waals surface area contributed by atoms with E-state index < -0.39 is 23.4 Å². The van der Waals surface area contributed by atoms with E-state index in [4.69, 9.17) is 21.1 Å². The van der Waals surface area contributed by atoms with E-state index in [-0.39, 0.29) is 19.6 Å². The monoisotopic (exact) mass is 391 g/mol. The second-order valence-corrected chi connectivity index (χ2v) is 6.47. The van der Waals surface area contributed by atoms with E-state index in [1.165, 1.54) is 6.92 Å². The maximum Gasteiger partial charge on any atom is 0.344 e. The average molecular weight is 392 g/mol. The van der Waals surface area contributed by atoms with Crippen molar-refractivity contribution >= 4 is 40.2 Å². The summed E-state index contributed by atoms with van der Waals surface area (Å²) in [6.07, 6.45) is -0.0944. The van der Waals surface area contributed by atoms with Crippen molar-refractivity contribution in [2.75, 3.05) is 13.2 Å². The summed E-state index contributed by atoms with van der Waals surface area (Å²) in [7, 11) is 0. The first-order valence-corrected chi connectivity index (χ1v) is 9.01. The average Bonchev–Trinajstić information content (AvgIpc) is 2.61. The van der Waals surface area contributed by atoms with Crippen LogP contribution in [0.15, 0.2) is 36.4 Å². The second-order valence-electron chi connectivity index (χ2n) is 6.03. The Morgan fingerprint density at radius 2 is 1.52 bits per heavy atom. The largest absolute Gasteiger partial charge is 0.464 e. The molecule has 0 unspecified atom stereocenters. The molecule has 0 saturated heterocycles. The lowest BCUT2D eigenvalue weighted by Crippen LogP contribution is -2.62. The zero-order valence-corrected chi connectivity index (χ0v) is 16.3. The minimum atomic E-state index is -1.95. The van der Waals surface area contributed by atoms with Crippen LogP contribution < -0.4 is 5.32 Å². The number of hydrogen-bond donors (Lipinski definition) is 1. The third-order valence-electron chi connectivity index (χ3n) is 3.97. The van der Waals surface area contributed by atoms with E-state index in [0.29, 0.717) is 10.6 Å². The van der Waals surface area contributed by atoms with Crippen LogP contribution in [-0.4, -0.2) is 36.6 Å². The predicted octanol–water partition coefficient (Wildman–Crippen LogP) is 3.04. The molecule has 2 aromatic rings. The SMILES string of the molecule is CCOC(=O)C(Cc1ccc2cc(Cl)ccc2c1)(NC(C)=O)C(=O)OCC. The second kappa shape index (κ2) is 8.86. The number of amides is 1. The number of halogens is 1. The van der Waals surface area contributed by atoms with E-state index >= 15 is 0 Å². The molecule has 0 aromatic heterocycles.